The van der Waals surface area contributed by atoms with E-state index < -0.39 is 18.6 Å². The molecule has 0 radical (unpaired) electrons. The molecule has 0 saturated heterocycles. The highest BCUT2D eigenvalue weighted by atomic mass is 19.4. The van der Waals surface area contributed by atoms with Gasteiger partial charge in [-0.2, -0.15) is 18.3 Å². The summed E-state index contributed by atoms with van der Waals surface area (Å²) in [6, 6.07) is 7.21. The number of alkyl halides is 3. The number of nitrogens with zero attached hydrogens (tertiary/aromatic N) is 3. The zero-order valence-corrected chi connectivity index (χ0v) is 11.6. The molecule has 1 aromatic heterocycles. The highest BCUT2D eigenvalue weighted by Crippen LogP contribution is 2.18. The Morgan fingerprint density at radius 1 is 1.23 bits per heavy atom. The van der Waals surface area contributed by atoms with E-state index in [9.17, 15) is 22.4 Å². The normalized spacial score (nSPS) is 11.5. The topological polar surface area (TPSA) is 38.1 Å². The molecule has 1 amide bonds. The lowest BCUT2D eigenvalue weighted by molar-refractivity contribution is -0.158. The molecule has 0 aliphatic carbocycles. The second-order valence-corrected chi connectivity index (χ2v) is 4.77. The molecule has 1 heterocycles. The van der Waals surface area contributed by atoms with Crippen molar-refractivity contribution in [2.24, 2.45) is 0 Å². The maximum Gasteiger partial charge on any atom is 0.406 e. The smallest absolute Gasteiger partial charge is 0.335 e. The van der Waals surface area contributed by atoms with Crippen LogP contribution in [0.15, 0.2) is 36.5 Å². The van der Waals surface area contributed by atoms with Crippen molar-refractivity contribution in [2.45, 2.75) is 12.7 Å². The fourth-order valence-corrected chi connectivity index (χ4v) is 1.84. The third-order valence-corrected chi connectivity index (χ3v) is 2.92. The Kier molecular flexibility index (Phi) is 4.48. The quantitative estimate of drug-likeness (QED) is 0.814. The summed E-state index contributed by atoms with van der Waals surface area (Å²) in [4.78, 5) is 12.3. The first-order valence-electron chi connectivity index (χ1n) is 6.35. The number of rotatable bonds is 4. The lowest BCUT2D eigenvalue weighted by atomic mass is 10.1. The van der Waals surface area contributed by atoms with Crippen LogP contribution in [0.2, 0.25) is 0 Å². The fraction of sp³-hybridized carbons (Fsp3) is 0.286. The van der Waals surface area contributed by atoms with Crippen LogP contribution < -0.4 is 0 Å². The maximum absolute atomic E-state index is 12.8. The van der Waals surface area contributed by atoms with E-state index in [-0.39, 0.29) is 12.4 Å². The second-order valence-electron chi connectivity index (χ2n) is 4.77. The number of hydrogen-bond acceptors (Lipinski definition) is 2. The van der Waals surface area contributed by atoms with Crippen LogP contribution in [0.4, 0.5) is 17.6 Å². The first-order valence-corrected chi connectivity index (χ1v) is 6.35. The zero-order valence-electron chi connectivity index (χ0n) is 11.6. The first-order chi connectivity index (χ1) is 10.2. The molecule has 2 aromatic rings. The molecule has 22 heavy (non-hydrogen) atoms. The monoisotopic (exact) mass is 315 g/mol. The Morgan fingerprint density at radius 3 is 2.45 bits per heavy atom. The molecule has 4 nitrogen and oxygen atoms in total. The van der Waals surface area contributed by atoms with Crippen LogP contribution in [0.1, 0.15) is 0 Å². The van der Waals surface area contributed by atoms with E-state index in [0.717, 1.165) is 7.05 Å². The predicted octanol–water partition coefficient (Wildman–Crippen LogP) is 2.71. The van der Waals surface area contributed by atoms with Crippen LogP contribution in [0.5, 0.6) is 0 Å². The summed E-state index contributed by atoms with van der Waals surface area (Å²) in [5.74, 6) is -1.08. The van der Waals surface area contributed by atoms with Gasteiger partial charge in [-0.05, 0) is 30.3 Å². The van der Waals surface area contributed by atoms with Crippen LogP contribution in [-0.2, 0) is 11.3 Å². The van der Waals surface area contributed by atoms with Crippen molar-refractivity contribution >= 4 is 5.91 Å². The van der Waals surface area contributed by atoms with Gasteiger partial charge in [0.05, 0.1) is 5.69 Å². The van der Waals surface area contributed by atoms with Crippen molar-refractivity contribution < 1.29 is 22.4 Å². The predicted molar refractivity (Wildman–Crippen MR) is 71.3 cm³/mol. The highest BCUT2D eigenvalue weighted by molar-refractivity contribution is 5.75. The van der Waals surface area contributed by atoms with Gasteiger partial charge >= 0.3 is 6.18 Å². The van der Waals surface area contributed by atoms with Gasteiger partial charge in [0.1, 0.15) is 18.9 Å². The molecule has 0 N–H and O–H groups in total. The molecule has 0 aliphatic heterocycles. The summed E-state index contributed by atoms with van der Waals surface area (Å²) < 4.78 is 50.7. The molecular weight excluding hydrogens is 302 g/mol. The lowest BCUT2D eigenvalue weighted by Crippen LogP contribution is -2.37. The standard InChI is InChI=1S/C14H13F4N3O/c1-20(9-14(16,17)18)13(22)8-21-7-6-12(19-21)10-2-4-11(15)5-3-10/h2-7H,8-9H2,1H3. The minimum atomic E-state index is -4.44. The molecule has 0 aliphatic rings. The summed E-state index contributed by atoms with van der Waals surface area (Å²) in [5.41, 5.74) is 1.16. The molecule has 0 fully saturated rings. The molecule has 1 aromatic carbocycles. The summed E-state index contributed by atoms with van der Waals surface area (Å²) >= 11 is 0. The van der Waals surface area contributed by atoms with Crippen LogP contribution in [0.25, 0.3) is 11.3 Å². The fourth-order valence-electron chi connectivity index (χ4n) is 1.84. The van der Waals surface area contributed by atoms with Gasteiger partial charge in [0.2, 0.25) is 5.91 Å². The van der Waals surface area contributed by atoms with Gasteiger partial charge in [-0.25, -0.2) is 4.39 Å². The minimum Gasteiger partial charge on any atom is -0.335 e. The summed E-state index contributed by atoms with van der Waals surface area (Å²) in [5, 5.41) is 4.09. The summed E-state index contributed by atoms with van der Waals surface area (Å²) in [6.45, 7) is -1.61. The van der Waals surface area contributed by atoms with Crippen LogP contribution in [0, 0.1) is 5.82 Å². The highest BCUT2D eigenvalue weighted by Gasteiger charge is 2.31. The first kappa shape index (κ1) is 16.0. The number of carbonyl (C=O) groups is 1. The van der Waals surface area contributed by atoms with Crippen LogP contribution in [0.3, 0.4) is 0 Å². The Morgan fingerprint density at radius 2 is 1.86 bits per heavy atom. The van der Waals surface area contributed by atoms with E-state index in [2.05, 4.69) is 5.10 Å². The van der Waals surface area contributed by atoms with E-state index in [4.69, 9.17) is 0 Å². The number of hydrogen-bond donors (Lipinski definition) is 0. The largest absolute Gasteiger partial charge is 0.406 e. The molecule has 0 saturated carbocycles. The maximum atomic E-state index is 12.8. The van der Waals surface area contributed by atoms with Crippen molar-refractivity contribution in [2.75, 3.05) is 13.6 Å². The van der Waals surface area contributed by atoms with Crippen molar-refractivity contribution in [1.29, 1.82) is 0 Å². The molecule has 0 bridgehead atoms. The Bertz CT molecular complexity index is 649. The summed E-state index contributed by atoms with van der Waals surface area (Å²) in [6.07, 6.45) is -2.95. The number of benzene rings is 1. The molecule has 0 atom stereocenters. The summed E-state index contributed by atoms with van der Waals surface area (Å²) in [7, 11) is 1.08. The number of aromatic nitrogens is 2. The molecule has 0 spiro atoms. The number of halogens is 4. The van der Waals surface area contributed by atoms with Gasteiger partial charge in [-0.1, -0.05) is 0 Å². The molecule has 0 unspecified atom stereocenters. The van der Waals surface area contributed by atoms with Gasteiger partial charge in [-0.15, -0.1) is 0 Å². The van der Waals surface area contributed by atoms with Crippen molar-refractivity contribution in [3.63, 3.8) is 0 Å². The van der Waals surface area contributed by atoms with Crippen LogP contribution in [-0.4, -0.2) is 40.4 Å². The van der Waals surface area contributed by atoms with E-state index in [1.54, 1.807) is 6.07 Å². The van der Waals surface area contributed by atoms with Crippen molar-refractivity contribution in [1.82, 2.24) is 14.7 Å². The number of likely N-dealkylation sites (N-methyl/N-ethyl adjacent to an activating group) is 1. The minimum absolute atomic E-state index is 0.298. The third-order valence-electron chi connectivity index (χ3n) is 2.92. The number of amides is 1. The van der Waals surface area contributed by atoms with Crippen molar-refractivity contribution in [3.05, 3.63) is 42.3 Å². The zero-order chi connectivity index (χ0) is 16.3. The van der Waals surface area contributed by atoms with E-state index in [1.807, 2.05) is 0 Å². The Hall–Kier alpha value is -2.38. The SMILES string of the molecule is CN(CC(F)(F)F)C(=O)Cn1ccc(-c2ccc(F)cc2)n1. The van der Waals surface area contributed by atoms with E-state index >= 15 is 0 Å². The van der Waals surface area contributed by atoms with Gasteiger partial charge in [0.15, 0.2) is 0 Å². The average Bonchev–Trinajstić information content (AvgIpc) is 2.86. The molecule has 118 valence electrons. The van der Waals surface area contributed by atoms with Gasteiger partial charge < -0.3 is 4.90 Å². The van der Waals surface area contributed by atoms with Crippen molar-refractivity contribution in [3.8, 4) is 11.3 Å². The lowest BCUT2D eigenvalue weighted by Gasteiger charge is -2.18. The number of carbonyl (C=O) groups excluding carboxylic acids is 1. The van der Waals surface area contributed by atoms with Crippen LogP contribution >= 0.6 is 0 Å². The average molecular weight is 315 g/mol. The van der Waals surface area contributed by atoms with E-state index in [0.29, 0.717) is 16.2 Å². The molecular formula is C14H13F4N3O. The van der Waals surface area contributed by atoms with E-state index in [1.165, 1.54) is 35.1 Å². The Balaban J connectivity index is 2.03. The third kappa shape index (κ3) is 4.31. The molecule has 8 heteroatoms. The second kappa shape index (κ2) is 6.17. The molecule has 2 rings (SSSR count). The van der Waals surface area contributed by atoms with Gasteiger partial charge in [0, 0.05) is 18.8 Å². The van der Waals surface area contributed by atoms with Gasteiger partial charge in [-0.3, -0.25) is 9.48 Å². The Labute approximate surface area is 124 Å². The van der Waals surface area contributed by atoms with Gasteiger partial charge in [0.25, 0.3) is 0 Å².